The molecule has 0 aliphatic heterocycles. The predicted molar refractivity (Wildman–Crippen MR) is 77.3 cm³/mol. The summed E-state index contributed by atoms with van der Waals surface area (Å²) < 4.78 is 6.02. The molecule has 0 radical (unpaired) electrons. The summed E-state index contributed by atoms with van der Waals surface area (Å²) >= 11 is 1.71. The van der Waals surface area contributed by atoms with Crippen LogP contribution < -0.4 is 10.5 Å². The van der Waals surface area contributed by atoms with Crippen molar-refractivity contribution >= 4 is 11.3 Å². The third-order valence-electron chi connectivity index (χ3n) is 2.99. The van der Waals surface area contributed by atoms with Crippen molar-refractivity contribution in [3.05, 3.63) is 51.7 Å². The second-order valence-corrected chi connectivity index (χ2v) is 5.26. The standard InChI is InChI=1S/C15H19NOS/c1-3-12-5-4-6-13(9-12)17-14(10-16)15-11(2)7-8-18-15/h4-9,14H,3,10,16H2,1-2H3. The van der Waals surface area contributed by atoms with Gasteiger partial charge in [-0.2, -0.15) is 0 Å². The Morgan fingerprint density at radius 2 is 2.17 bits per heavy atom. The van der Waals surface area contributed by atoms with Crippen LogP contribution in [0.3, 0.4) is 0 Å². The fraction of sp³-hybridized carbons (Fsp3) is 0.333. The Hall–Kier alpha value is -1.32. The summed E-state index contributed by atoms with van der Waals surface area (Å²) in [5.74, 6) is 0.901. The monoisotopic (exact) mass is 261 g/mol. The van der Waals surface area contributed by atoms with E-state index in [1.54, 1.807) is 11.3 Å². The van der Waals surface area contributed by atoms with E-state index in [4.69, 9.17) is 10.5 Å². The van der Waals surface area contributed by atoms with Gasteiger partial charge in [-0.1, -0.05) is 19.1 Å². The van der Waals surface area contributed by atoms with Crippen LogP contribution in [-0.4, -0.2) is 6.54 Å². The summed E-state index contributed by atoms with van der Waals surface area (Å²) in [5.41, 5.74) is 8.37. The maximum atomic E-state index is 6.02. The van der Waals surface area contributed by atoms with Gasteiger partial charge in [-0.05, 0) is 48.1 Å². The number of thiophene rings is 1. The van der Waals surface area contributed by atoms with Crippen LogP contribution in [0.15, 0.2) is 35.7 Å². The SMILES string of the molecule is CCc1cccc(OC(CN)c2sccc2C)c1. The van der Waals surface area contributed by atoms with E-state index in [9.17, 15) is 0 Å². The summed E-state index contributed by atoms with van der Waals surface area (Å²) in [5, 5.41) is 2.08. The average Bonchev–Trinajstić information content (AvgIpc) is 2.82. The summed E-state index contributed by atoms with van der Waals surface area (Å²) in [6.45, 7) is 4.74. The van der Waals surface area contributed by atoms with Crippen molar-refractivity contribution in [3.63, 3.8) is 0 Å². The largest absolute Gasteiger partial charge is 0.484 e. The lowest BCUT2D eigenvalue weighted by atomic mass is 10.1. The molecular weight excluding hydrogens is 242 g/mol. The van der Waals surface area contributed by atoms with E-state index >= 15 is 0 Å². The molecule has 1 aromatic carbocycles. The van der Waals surface area contributed by atoms with Gasteiger partial charge in [0, 0.05) is 11.4 Å². The maximum absolute atomic E-state index is 6.02. The van der Waals surface area contributed by atoms with Crippen molar-refractivity contribution < 1.29 is 4.74 Å². The van der Waals surface area contributed by atoms with Gasteiger partial charge in [0.1, 0.15) is 11.9 Å². The highest BCUT2D eigenvalue weighted by Gasteiger charge is 2.15. The predicted octanol–water partition coefficient (Wildman–Crippen LogP) is 3.70. The Bertz CT molecular complexity index is 507. The zero-order chi connectivity index (χ0) is 13.0. The molecule has 1 aromatic heterocycles. The Labute approximate surface area is 112 Å². The summed E-state index contributed by atoms with van der Waals surface area (Å²) in [7, 11) is 0. The molecule has 2 rings (SSSR count). The van der Waals surface area contributed by atoms with Crippen molar-refractivity contribution in [1.82, 2.24) is 0 Å². The summed E-state index contributed by atoms with van der Waals surface area (Å²) in [6.07, 6.45) is 0.972. The molecule has 96 valence electrons. The van der Waals surface area contributed by atoms with E-state index in [2.05, 4.69) is 37.4 Å². The van der Waals surface area contributed by atoms with E-state index in [0.29, 0.717) is 6.54 Å². The van der Waals surface area contributed by atoms with Crippen molar-refractivity contribution in [2.24, 2.45) is 5.73 Å². The number of ether oxygens (including phenoxy) is 1. The van der Waals surface area contributed by atoms with Crippen molar-refractivity contribution in [1.29, 1.82) is 0 Å². The maximum Gasteiger partial charge on any atom is 0.145 e. The highest BCUT2D eigenvalue weighted by molar-refractivity contribution is 7.10. The molecule has 0 aliphatic carbocycles. The fourth-order valence-corrected chi connectivity index (χ4v) is 2.89. The molecule has 0 amide bonds. The Kier molecular flexibility index (Phi) is 4.39. The van der Waals surface area contributed by atoms with Gasteiger partial charge >= 0.3 is 0 Å². The zero-order valence-electron chi connectivity index (χ0n) is 10.8. The number of aryl methyl sites for hydroxylation is 2. The molecule has 0 bridgehead atoms. The lowest BCUT2D eigenvalue weighted by Crippen LogP contribution is -2.18. The van der Waals surface area contributed by atoms with Crippen molar-refractivity contribution in [3.8, 4) is 5.75 Å². The minimum Gasteiger partial charge on any atom is -0.484 e. The van der Waals surface area contributed by atoms with Gasteiger partial charge in [-0.3, -0.25) is 0 Å². The first-order valence-electron chi connectivity index (χ1n) is 6.24. The molecule has 0 fully saturated rings. The third kappa shape index (κ3) is 2.92. The number of rotatable bonds is 5. The third-order valence-corrected chi connectivity index (χ3v) is 4.10. The average molecular weight is 261 g/mol. The first-order chi connectivity index (χ1) is 8.74. The van der Waals surface area contributed by atoms with Crippen LogP contribution in [0.4, 0.5) is 0 Å². The Morgan fingerprint density at radius 3 is 2.78 bits per heavy atom. The van der Waals surface area contributed by atoms with Crippen LogP contribution in [0.1, 0.15) is 29.0 Å². The smallest absolute Gasteiger partial charge is 0.145 e. The van der Waals surface area contributed by atoms with Gasteiger partial charge in [0.05, 0.1) is 0 Å². The molecule has 18 heavy (non-hydrogen) atoms. The summed E-state index contributed by atoms with van der Waals surface area (Å²) in [6, 6.07) is 10.3. The molecule has 3 heteroatoms. The molecule has 2 aromatic rings. The molecule has 1 atom stereocenters. The number of hydrogen-bond acceptors (Lipinski definition) is 3. The zero-order valence-corrected chi connectivity index (χ0v) is 11.7. The highest BCUT2D eigenvalue weighted by Crippen LogP contribution is 2.28. The van der Waals surface area contributed by atoms with Gasteiger partial charge in [0.2, 0.25) is 0 Å². The molecule has 1 heterocycles. The molecule has 2 N–H and O–H groups in total. The number of benzene rings is 1. The lowest BCUT2D eigenvalue weighted by Gasteiger charge is -2.17. The molecule has 0 saturated carbocycles. The number of nitrogens with two attached hydrogens (primary N) is 1. The second-order valence-electron chi connectivity index (χ2n) is 4.31. The molecule has 0 saturated heterocycles. The van der Waals surface area contributed by atoms with Gasteiger partial charge < -0.3 is 10.5 Å². The van der Waals surface area contributed by atoms with Gasteiger partial charge in [-0.15, -0.1) is 11.3 Å². The first kappa shape index (κ1) is 13.1. The van der Waals surface area contributed by atoms with Gasteiger partial charge in [0.25, 0.3) is 0 Å². The van der Waals surface area contributed by atoms with Crippen molar-refractivity contribution in [2.45, 2.75) is 26.4 Å². The molecule has 1 unspecified atom stereocenters. The first-order valence-corrected chi connectivity index (χ1v) is 7.12. The van der Waals surface area contributed by atoms with Crippen LogP contribution in [0.2, 0.25) is 0 Å². The molecule has 0 aliphatic rings. The van der Waals surface area contributed by atoms with Gasteiger partial charge in [-0.25, -0.2) is 0 Å². The van der Waals surface area contributed by atoms with Crippen molar-refractivity contribution in [2.75, 3.05) is 6.54 Å². The molecule has 0 spiro atoms. The Balaban J connectivity index is 2.18. The van der Waals surface area contributed by atoms with E-state index in [1.165, 1.54) is 16.0 Å². The van der Waals surface area contributed by atoms with E-state index in [-0.39, 0.29) is 6.10 Å². The van der Waals surface area contributed by atoms with Crippen LogP contribution in [-0.2, 0) is 6.42 Å². The number of hydrogen-bond donors (Lipinski definition) is 1. The highest BCUT2D eigenvalue weighted by atomic mass is 32.1. The van der Waals surface area contributed by atoms with Crippen LogP contribution in [0.5, 0.6) is 5.75 Å². The Morgan fingerprint density at radius 1 is 1.33 bits per heavy atom. The fourth-order valence-electron chi connectivity index (χ4n) is 1.93. The van der Waals surface area contributed by atoms with Crippen LogP contribution in [0.25, 0.3) is 0 Å². The van der Waals surface area contributed by atoms with Gasteiger partial charge in [0.15, 0.2) is 0 Å². The second kappa shape index (κ2) is 6.03. The molecular formula is C15H19NOS. The quantitative estimate of drug-likeness (QED) is 0.890. The van der Waals surface area contributed by atoms with E-state index in [1.807, 2.05) is 12.1 Å². The summed E-state index contributed by atoms with van der Waals surface area (Å²) in [4.78, 5) is 1.22. The van der Waals surface area contributed by atoms with E-state index in [0.717, 1.165) is 12.2 Å². The topological polar surface area (TPSA) is 35.2 Å². The lowest BCUT2D eigenvalue weighted by molar-refractivity contribution is 0.217. The molecule has 2 nitrogen and oxygen atoms in total. The van der Waals surface area contributed by atoms with E-state index < -0.39 is 0 Å². The van der Waals surface area contributed by atoms with Crippen LogP contribution in [0, 0.1) is 6.92 Å². The van der Waals surface area contributed by atoms with Crippen LogP contribution >= 0.6 is 11.3 Å². The normalized spacial score (nSPS) is 12.4. The minimum atomic E-state index is -0.0443. The minimum absolute atomic E-state index is 0.0443.